The van der Waals surface area contributed by atoms with Gasteiger partial charge in [-0.3, -0.25) is 0 Å². The van der Waals surface area contributed by atoms with E-state index in [1.807, 2.05) is 0 Å². The van der Waals surface area contributed by atoms with E-state index in [1.165, 1.54) is 0 Å². The van der Waals surface area contributed by atoms with Crippen molar-refractivity contribution in [2.45, 2.75) is 13.3 Å². The normalized spacial score (nSPS) is 10.5. The van der Waals surface area contributed by atoms with Crippen LogP contribution in [-0.2, 0) is 0 Å². The van der Waals surface area contributed by atoms with Gasteiger partial charge in [0.05, 0.1) is 6.61 Å². The van der Waals surface area contributed by atoms with Crippen molar-refractivity contribution in [1.82, 2.24) is 15.0 Å². The molecule has 1 rings (SSSR count). The van der Waals surface area contributed by atoms with Crippen molar-refractivity contribution in [3.05, 3.63) is 5.28 Å². The monoisotopic (exact) mass is 239 g/mol. The van der Waals surface area contributed by atoms with Crippen LogP contribution in [0.5, 0.6) is 12.0 Å². The Morgan fingerprint density at radius 3 is 2.33 bits per heavy atom. The Morgan fingerprint density at radius 1 is 1.20 bits per heavy atom. The van der Waals surface area contributed by atoms with Crippen LogP contribution < -0.4 is 9.47 Å². The molecule has 1 aromatic rings. The van der Waals surface area contributed by atoms with Gasteiger partial charge in [0.1, 0.15) is 0 Å². The molecule has 0 amide bonds. The fourth-order valence-electron chi connectivity index (χ4n) is 0.710. The van der Waals surface area contributed by atoms with Crippen LogP contribution in [0.1, 0.15) is 6.92 Å². The van der Waals surface area contributed by atoms with Gasteiger partial charge < -0.3 is 9.47 Å². The summed E-state index contributed by atoms with van der Waals surface area (Å²) in [6, 6.07) is -0.333. The molecule has 5 nitrogen and oxygen atoms in total. The minimum absolute atomic E-state index is 0.0539. The quantitative estimate of drug-likeness (QED) is 0.781. The Hall–Kier alpha value is -1.24. The molecule has 0 aromatic carbocycles. The van der Waals surface area contributed by atoms with E-state index in [0.29, 0.717) is 6.61 Å². The maximum atomic E-state index is 11.8. The van der Waals surface area contributed by atoms with Gasteiger partial charge in [0.2, 0.25) is 5.28 Å². The second-order valence-electron chi connectivity index (χ2n) is 2.30. The average molecular weight is 240 g/mol. The minimum atomic E-state index is -2.60. The first-order chi connectivity index (χ1) is 7.11. The number of hydrogen-bond donors (Lipinski definition) is 0. The van der Waals surface area contributed by atoms with Gasteiger partial charge in [-0.2, -0.15) is 9.97 Å². The highest BCUT2D eigenvalue weighted by molar-refractivity contribution is 6.28. The zero-order valence-corrected chi connectivity index (χ0v) is 8.54. The summed E-state index contributed by atoms with van der Waals surface area (Å²) in [5, 5.41) is -0.169. The number of ether oxygens (including phenoxy) is 2. The highest BCUT2D eigenvalue weighted by atomic mass is 35.5. The molecule has 0 bridgehead atoms. The Bertz CT molecular complexity index is 327. The van der Waals surface area contributed by atoms with Gasteiger partial charge in [-0.25, -0.2) is 8.78 Å². The topological polar surface area (TPSA) is 57.1 Å². The van der Waals surface area contributed by atoms with Crippen LogP contribution in [0.3, 0.4) is 0 Å². The maximum absolute atomic E-state index is 11.8. The fourth-order valence-corrected chi connectivity index (χ4v) is 0.855. The number of hydrogen-bond acceptors (Lipinski definition) is 5. The lowest BCUT2D eigenvalue weighted by molar-refractivity contribution is 0.0762. The predicted octanol–water partition coefficient (Wildman–Crippen LogP) is 1.57. The second kappa shape index (κ2) is 5.59. The molecule has 0 atom stereocenters. The number of alkyl halides is 2. The molecular weight excluding hydrogens is 232 g/mol. The zero-order chi connectivity index (χ0) is 11.3. The summed E-state index contributed by atoms with van der Waals surface area (Å²) >= 11 is 5.49. The smallest absolute Gasteiger partial charge is 0.324 e. The van der Waals surface area contributed by atoms with Crippen LogP contribution in [0.25, 0.3) is 0 Å². The Labute approximate surface area is 89.4 Å². The number of nitrogens with zero attached hydrogens (tertiary/aromatic N) is 3. The lowest BCUT2D eigenvalue weighted by Gasteiger charge is -2.05. The predicted molar refractivity (Wildman–Crippen MR) is 47.5 cm³/mol. The van der Waals surface area contributed by atoms with E-state index in [2.05, 4.69) is 19.7 Å². The van der Waals surface area contributed by atoms with Gasteiger partial charge in [-0.15, -0.1) is 4.98 Å². The Kier molecular flexibility index (Phi) is 4.41. The van der Waals surface area contributed by atoms with Crippen LogP contribution in [0.15, 0.2) is 0 Å². The molecule has 0 aliphatic rings. The van der Waals surface area contributed by atoms with Crippen LogP contribution >= 0.6 is 11.6 Å². The van der Waals surface area contributed by atoms with Gasteiger partial charge in [0.15, 0.2) is 6.61 Å². The molecule has 1 heterocycles. The molecule has 0 aliphatic heterocycles. The molecule has 15 heavy (non-hydrogen) atoms. The SMILES string of the molecule is CCOc1nc(Cl)nc(OCC(F)F)n1. The van der Waals surface area contributed by atoms with Crippen molar-refractivity contribution in [3.63, 3.8) is 0 Å². The molecule has 0 saturated carbocycles. The van der Waals surface area contributed by atoms with Crippen LogP contribution in [0, 0.1) is 0 Å². The molecule has 0 radical (unpaired) electrons. The third kappa shape index (κ3) is 4.20. The standard InChI is InChI=1S/C7H8ClF2N3O2/c1-2-14-6-11-5(8)12-7(13-6)15-3-4(9)10/h4H,2-3H2,1H3. The summed E-state index contributed by atoms with van der Waals surface area (Å²) in [6.07, 6.45) is -2.60. The molecular formula is C7H8ClF2N3O2. The van der Waals surface area contributed by atoms with Gasteiger partial charge >= 0.3 is 12.0 Å². The summed E-state index contributed by atoms with van der Waals surface area (Å²) < 4.78 is 33.1. The first-order valence-corrected chi connectivity index (χ1v) is 4.45. The molecule has 0 unspecified atom stereocenters. The summed E-state index contributed by atoms with van der Waals surface area (Å²) in [7, 11) is 0. The maximum Gasteiger partial charge on any atom is 0.324 e. The Morgan fingerprint density at radius 2 is 1.80 bits per heavy atom. The molecule has 0 saturated heterocycles. The van der Waals surface area contributed by atoms with Gasteiger partial charge in [-0.1, -0.05) is 0 Å². The minimum Gasteiger partial charge on any atom is -0.464 e. The third-order valence-electron chi connectivity index (χ3n) is 1.18. The van der Waals surface area contributed by atoms with E-state index in [0.717, 1.165) is 0 Å². The lowest BCUT2D eigenvalue weighted by Crippen LogP contribution is -2.10. The van der Waals surface area contributed by atoms with Crippen molar-refractivity contribution >= 4 is 11.6 Å². The molecule has 0 spiro atoms. The molecule has 1 aromatic heterocycles. The summed E-state index contributed by atoms with van der Waals surface area (Å²) in [6.45, 7) is 1.25. The highest BCUT2D eigenvalue weighted by Gasteiger charge is 2.09. The van der Waals surface area contributed by atoms with E-state index < -0.39 is 13.0 Å². The molecule has 0 fully saturated rings. The summed E-state index contributed by atoms with van der Waals surface area (Å²) in [5.74, 6) is 0. The second-order valence-corrected chi connectivity index (χ2v) is 2.64. The molecule has 0 aliphatic carbocycles. The van der Waals surface area contributed by atoms with Crippen LogP contribution in [0.4, 0.5) is 8.78 Å². The van der Waals surface area contributed by atoms with E-state index in [1.54, 1.807) is 6.92 Å². The first kappa shape index (κ1) is 11.8. The summed E-state index contributed by atoms with van der Waals surface area (Å²) in [4.78, 5) is 10.7. The average Bonchev–Trinajstić information content (AvgIpc) is 2.14. The number of halogens is 3. The molecule has 8 heteroatoms. The summed E-state index contributed by atoms with van der Waals surface area (Å²) in [5.41, 5.74) is 0. The van der Waals surface area contributed by atoms with Crippen molar-refractivity contribution < 1.29 is 18.3 Å². The Balaban J connectivity index is 2.70. The van der Waals surface area contributed by atoms with Gasteiger partial charge in [0, 0.05) is 0 Å². The van der Waals surface area contributed by atoms with Gasteiger partial charge in [0.25, 0.3) is 6.43 Å². The number of rotatable bonds is 5. The lowest BCUT2D eigenvalue weighted by atomic mass is 10.8. The molecule has 84 valence electrons. The van der Waals surface area contributed by atoms with Crippen molar-refractivity contribution in [2.24, 2.45) is 0 Å². The van der Waals surface area contributed by atoms with Crippen LogP contribution in [0.2, 0.25) is 5.28 Å². The van der Waals surface area contributed by atoms with E-state index in [9.17, 15) is 8.78 Å². The van der Waals surface area contributed by atoms with Gasteiger partial charge in [-0.05, 0) is 18.5 Å². The number of aromatic nitrogens is 3. The largest absolute Gasteiger partial charge is 0.464 e. The third-order valence-corrected chi connectivity index (χ3v) is 1.35. The van der Waals surface area contributed by atoms with E-state index in [-0.39, 0.29) is 17.3 Å². The first-order valence-electron chi connectivity index (χ1n) is 4.07. The van der Waals surface area contributed by atoms with Crippen molar-refractivity contribution in [2.75, 3.05) is 13.2 Å². The van der Waals surface area contributed by atoms with E-state index >= 15 is 0 Å². The molecule has 0 N–H and O–H groups in total. The highest BCUT2D eigenvalue weighted by Crippen LogP contribution is 2.13. The fraction of sp³-hybridized carbons (Fsp3) is 0.571. The van der Waals surface area contributed by atoms with Crippen LogP contribution in [-0.4, -0.2) is 34.6 Å². The zero-order valence-electron chi connectivity index (χ0n) is 7.78. The van der Waals surface area contributed by atoms with Crippen molar-refractivity contribution in [1.29, 1.82) is 0 Å². The van der Waals surface area contributed by atoms with E-state index in [4.69, 9.17) is 16.3 Å². The van der Waals surface area contributed by atoms with Crippen molar-refractivity contribution in [3.8, 4) is 12.0 Å².